The molecule has 0 aliphatic carbocycles. The summed E-state index contributed by atoms with van der Waals surface area (Å²) in [7, 11) is 0. The second-order valence-electron chi connectivity index (χ2n) is 2.76. The van der Waals surface area contributed by atoms with Gasteiger partial charge < -0.3 is 11.1 Å². The molecule has 4 heteroatoms. The summed E-state index contributed by atoms with van der Waals surface area (Å²) in [6.45, 7) is 5.86. The molecule has 1 rings (SSSR count). The summed E-state index contributed by atoms with van der Waals surface area (Å²) >= 11 is 0. The van der Waals surface area contributed by atoms with Crippen LogP contribution in [-0.4, -0.2) is 16.4 Å². The first-order valence-corrected chi connectivity index (χ1v) is 3.65. The van der Waals surface area contributed by atoms with Crippen LogP contribution in [0.5, 0.6) is 0 Å². The Hall–Kier alpha value is -1.03. The summed E-state index contributed by atoms with van der Waals surface area (Å²) < 4.78 is 0. The molecule has 0 aromatic carbocycles. The third-order valence-electron chi connectivity index (χ3n) is 1.62. The number of rotatable bonds is 2. The molecule has 0 saturated heterocycles. The average Bonchev–Trinajstić information content (AvgIpc) is 2.18. The number of nitrogens with zero attached hydrogens (tertiary/aromatic N) is 1. The fourth-order valence-electron chi connectivity index (χ4n) is 0.841. The quantitative estimate of drug-likeness (QED) is 0.550. The Kier molecular flexibility index (Phi) is 2.14. The van der Waals surface area contributed by atoms with Crippen molar-refractivity contribution in [2.45, 2.75) is 26.9 Å². The minimum absolute atomic E-state index is 0.0589. The molecule has 0 bridgehead atoms. The molecule has 0 saturated carbocycles. The Labute approximate surface area is 66.2 Å². The van der Waals surface area contributed by atoms with Crippen LogP contribution in [0, 0.1) is 13.8 Å². The van der Waals surface area contributed by atoms with Gasteiger partial charge in [0.1, 0.15) is 0 Å². The standard InChI is InChI=1S/C7H14N4/c1-4-5(2)10-11-7(4)9-6(3)8/h6H,8H2,1-3H3,(H2,9,10,11). The van der Waals surface area contributed by atoms with E-state index < -0.39 is 0 Å². The van der Waals surface area contributed by atoms with E-state index in [0.29, 0.717) is 0 Å². The summed E-state index contributed by atoms with van der Waals surface area (Å²) in [5.41, 5.74) is 7.74. The largest absolute Gasteiger partial charge is 0.354 e. The van der Waals surface area contributed by atoms with Crippen LogP contribution in [0.25, 0.3) is 0 Å². The lowest BCUT2D eigenvalue weighted by Crippen LogP contribution is -2.25. The topological polar surface area (TPSA) is 66.7 Å². The summed E-state index contributed by atoms with van der Waals surface area (Å²) in [6.07, 6.45) is -0.0589. The Morgan fingerprint density at radius 1 is 1.55 bits per heavy atom. The molecule has 0 aliphatic heterocycles. The molecule has 1 aromatic heterocycles. The van der Waals surface area contributed by atoms with Crippen LogP contribution in [0.3, 0.4) is 0 Å². The predicted molar refractivity (Wildman–Crippen MR) is 45.3 cm³/mol. The normalized spacial score (nSPS) is 13.1. The van der Waals surface area contributed by atoms with Gasteiger partial charge in [-0.1, -0.05) is 0 Å². The zero-order valence-corrected chi connectivity index (χ0v) is 7.10. The maximum atomic E-state index is 5.54. The van der Waals surface area contributed by atoms with E-state index in [1.54, 1.807) is 0 Å². The molecule has 0 spiro atoms. The molecule has 0 fully saturated rings. The molecule has 11 heavy (non-hydrogen) atoms. The lowest BCUT2D eigenvalue weighted by molar-refractivity contribution is 0.839. The van der Waals surface area contributed by atoms with Crippen molar-refractivity contribution in [2.24, 2.45) is 5.73 Å². The Morgan fingerprint density at radius 2 is 2.18 bits per heavy atom. The molecule has 4 N–H and O–H groups in total. The van der Waals surface area contributed by atoms with Crippen molar-refractivity contribution < 1.29 is 0 Å². The van der Waals surface area contributed by atoms with E-state index in [-0.39, 0.29) is 6.17 Å². The number of hydrogen-bond donors (Lipinski definition) is 3. The van der Waals surface area contributed by atoms with Crippen LogP contribution >= 0.6 is 0 Å². The Balaban J connectivity index is 2.79. The third kappa shape index (κ3) is 1.71. The second kappa shape index (κ2) is 2.92. The number of nitrogens with one attached hydrogen (secondary N) is 2. The van der Waals surface area contributed by atoms with Gasteiger partial charge in [-0.05, 0) is 20.8 Å². The Morgan fingerprint density at radius 3 is 2.55 bits per heavy atom. The molecule has 1 heterocycles. The zero-order valence-electron chi connectivity index (χ0n) is 7.10. The number of aromatic nitrogens is 2. The molecule has 0 radical (unpaired) electrons. The fraction of sp³-hybridized carbons (Fsp3) is 0.571. The average molecular weight is 154 g/mol. The highest BCUT2D eigenvalue weighted by molar-refractivity contribution is 5.45. The van der Waals surface area contributed by atoms with E-state index in [0.717, 1.165) is 17.1 Å². The van der Waals surface area contributed by atoms with Crippen molar-refractivity contribution in [2.75, 3.05) is 5.32 Å². The van der Waals surface area contributed by atoms with E-state index in [1.165, 1.54) is 0 Å². The van der Waals surface area contributed by atoms with Gasteiger partial charge in [0, 0.05) is 11.3 Å². The van der Waals surface area contributed by atoms with Crippen molar-refractivity contribution >= 4 is 5.82 Å². The van der Waals surface area contributed by atoms with Gasteiger partial charge in [0.25, 0.3) is 0 Å². The van der Waals surface area contributed by atoms with Gasteiger partial charge in [0.2, 0.25) is 0 Å². The maximum absolute atomic E-state index is 5.54. The maximum Gasteiger partial charge on any atom is 0.152 e. The third-order valence-corrected chi connectivity index (χ3v) is 1.62. The minimum atomic E-state index is -0.0589. The monoisotopic (exact) mass is 154 g/mol. The molecule has 0 aliphatic rings. The highest BCUT2D eigenvalue weighted by Gasteiger charge is 2.04. The van der Waals surface area contributed by atoms with Gasteiger partial charge in [-0.25, -0.2) is 0 Å². The van der Waals surface area contributed by atoms with Crippen LogP contribution in [0.1, 0.15) is 18.2 Å². The molecular formula is C7H14N4. The second-order valence-corrected chi connectivity index (χ2v) is 2.76. The van der Waals surface area contributed by atoms with E-state index in [2.05, 4.69) is 15.5 Å². The molecule has 1 aromatic rings. The number of hydrogen-bond acceptors (Lipinski definition) is 3. The van der Waals surface area contributed by atoms with Crippen LogP contribution in [0.2, 0.25) is 0 Å². The van der Waals surface area contributed by atoms with Crippen molar-refractivity contribution in [1.82, 2.24) is 10.2 Å². The number of anilines is 1. The molecule has 62 valence electrons. The highest BCUT2D eigenvalue weighted by atomic mass is 15.2. The summed E-state index contributed by atoms with van der Waals surface area (Å²) in [5.74, 6) is 0.845. The van der Waals surface area contributed by atoms with E-state index >= 15 is 0 Å². The van der Waals surface area contributed by atoms with E-state index in [4.69, 9.17) is 5.73 Å². The lowest BCUT2D eigenvalue weighted by atomic mass is 10.3. The van der Waals surface area contributed by atoms with E-state index in [1.807, 2.05) is 20.8 Å². The first-order valence-electron chi connectivity index (χ1n) is 3.65. The van der Waals surface area contributed by atoms with Crippen molar-refractivity contribution in [1.29, 1.82) is 0 Å². The summed E-state index contributed by atoms with van der Waals surface area (Å²) in [4.78, 5) is 0. The highest BCUT2D eigenvalue weighted by Crippen LogP contribution is 2.13. The molecule has 1 unspecified atom stereocenters. The zero-order chi connectivity index (χ0) is 8.43. The van der Waals surface area contributed by atoms with Gasteiger partial charge >= 0.3 is 0 Å². The number of aryl methyl sites for hydroxylation is 1. The number of aromatic amines is 1. The first kappa shape index (κ1) is 8.07. The molecule has 4 nitrogen and oxygen atoms in total. The number of H-pyrrole nitrogens is 1. The Bertz CT molecular complexity index is 239. The predicted octanol–water partition coefficient (Wildman–Crippen LogP) is 0.743. The SMILES string of the molecule is Cc1[nH]nc(NC(C)N)c1C. The van der Waals surface area contributed by atoms with Gasteiger partial charge in [0.15, 0.2) is 5.82 Å². The van der Waals surface area contributed by atoms with Gasteiger partial charge in [0.05, 0.1) is 6.17 Å². The van der Waals surface area contributed by atoms with Gasteiger partial charge in [-0.2, -0.15) is 5.10 Å². The number of nitrogens with two attached hydrogens (primary N) is 1. The van der Waals surface area contributed by atoms with Crippen molar-refractivity contribution in [3.63, 3.8) is 0 Å². The minimum Gasteiger partial charge on any atom is -0.354 e. The van der Waals surface area contributed by atoms with Gasteiger partial charge in [-0.3, -0.25) is 5.10 Å². The fourth-order valence-corrected chi connectivity index (χ4v) is 0.841. The van der Waals surface area contributed by atoms with E-state index in [9.17, 15) is 0 Å². The summed E-state index contributed by atoms with van der Waals surface area (Å²) in [6, 6.07) is 0. The van der Waals surface area contributed by atoms with Crippen molar-refractivity contribution in [3.8, 4) is 0 Å². The van der Waals surface area contributed by atoms with Crippen LogP contribution < -0.4 is 11.1 Å². The smallest absolute Gasteiger partial charge is 0.152 e. The van der Waals surface area contributed by atoms with Crippen molar-refractivity contribution in [3.05, 3.63) is 11.3 Å². The molecule has 1 atom stereocenters. The molecule has 0 amide bonds. The van der Waals surface area contributed by atoms with Crippen LogP contribution in [0.4, 0.5) is 5.82 Å². The summed E-state index contributed by atoms with van der Waals surface area (Å²) in [5, 5.41) is 9.94. The van der Waals surface area contributed by atoms with Crippen LogP contribution in [0.15, 0.2) is 0 Å². The molecular weight excluding hydrogens is 140 g/mol. The first-order chi connectivity index (χ1) is 5.11. The van der Waals surface area contributed by atoms with Crippen LogP contribution in [-0.2, 0) is 0 Å². The lowest BCUT2D eigenvalue weighted by Gasteiger charge is -2.06. The van der Waals surface area contributed by atoms with Gasteiger partial charge in [-0.15, -0.1) is 0 Å².